The van der Waals surface area contributed by atoms with E-state index < -0.39 is 27.3 Å². The molecule has 0 amide bonds. The average Bonchev–Trinajstić information content (AvgIpc) is 2.24. The van der Waals surface area contributed by atoms with Crippen LogP contribution in [-0.2, 0) is 19.6 Å². The Morgan fingerprint density at radius 2 is 2.06 bits per heavy atom. The molecule has 7 heteroatoms. The molecule has 17 heavy (non-hydrogen) atoms. The number of sulfonamides is 1. The van der Waals surface area contributed by atoms with Crippen LogP contribution in [0.1, 0.15) is 33.1 Å². The predicted octanol–water partition coefficient (Wildman–Crippen LogP) is 0.584. The maximum Gasteiger partial charge on any atom is 0.321 e. The molecule has 0 aliphatic rings. The van der Waals surface area contributed by atoms with Crippen LogP contribution in [0, 0.1) is 0 Å². The Bertz CT molecular complexity index is 328. The van der Waals surface area contributed by atoms with E-state index in [9.17, 15) is 13.2 Å². The second-order valence-electron chi connectivity index (χ2n) is 3.96. The Balaban J connectivity index is 4.57. The van der Waals surface area contributed by atoms with E-state index in [-0.39, 0.29) is 6.61 Å². The number of unbranched alkanes of at least 4 members (excludes halogenated alkanes) is 1. The Hall–Kier alpha value is -0.660. The number of carboxylic acids is 1. The molecule has 6 nitrogen and oxygen atoms in total. The van der Waals surface area contributed by atoms with Crippen molar-refractivity contribution in [1.29, 1.82) is 0 Å². The average molecular weight is 267 g/mol. The van der Waals surface area contributed by atoms with Crippen LogP contribution in [0.25, 0.3) is 0 Å². The summed E-state index contributed by atoms with van der Waals surface area (Å²) in [6.07, 6.45) is 1.78. The molecule has 2 unspecified atom stereocenters. The second kappa shape index (κ2) is 7.62. The van der Waals surface area contributed by atoms with E-state index >= 15 is 0 Å². The molecular weight excluding hydrogens is 246 g/mol. The number of nitrogens with one attached hydrogen (secondary N) is 1. The van der Waals surface area contributed by atoms with E-state index in [4.69, 9.17) is 9.84 Å². The number of carboxylic acid groups (broad SMARTS) is 1. The van der Waals surface area contributed by atoms with Gasteiger partial charge in [0, 0.05) is 7.11 Å². The van der Waals surface area contributed by atoms with Gasteiger partial charge in [-0.25, -0.2) is 13.1 Å². The summed E-state index contributed by atoms with van der Waals surface area (Å²) in [6, 6.07) is -1.06. The van der Waals surface area contributed by atoms with Crippen LogP contribution in [0.4, 0.5) is 0 Å². The molecule has 0 aromatic rings. The maximum atomic E-state index is 11.7. The van der Waals surface area contributed by atoms with Gasteiger partial charge >= 0.3 is 5.97 Å². The van der Waals surface area contributed by atoms with Gasteiger partial charge in [0.15, 0.2) is 0 Å². The van der Waals surface area contributed by atoms with Crippen molar-refractivity contribution in [2.75, 3.05) is 13.7 Å². The second-order valence-corrected chi connectivity index (χ2v) is 6.09. The zero-order valence-electron chi connectivity index (χ0n) is 10.5. The summed E-state index contributed by atoms with van der Waals surface area (Å²) >= 11 is 0. The molecule has 0 fully saturated rings. The summed E-state index contributed by atoms with van der Waals surface area (Å²) in [7, 11) is -2.25. The van der Waals surface area contributed by atoms with E-state index in [1.54, 1.807) is 0 Å². The number of hydrogen-bond acceptors (Lipinski definition) is 4. The first kappa shape index (κ1) is 16.3. The minimum Gasteiger partial charge on any atom is -0.480 e. The number of ether oxygens (including phenoxy) is 1. The van der Waals surface area contributed by atoms with Gasteiger partial charge in [0.1, 0.15) is 6.04 Å². The van der Waals surface area contributed by atoms with Gasteiger partial charge in [0.2, 0.25) is 10.0 Å². The summed E-state index contributed by atoms with van der Waals surface area (Å²) in [5, 5.41) is 8.15. The molecule has 102 valence electrons. The van der Waals surface area contributed by atoms with Crippen molar-refractivity contribution in [3.05, 3.63) is 0 Å². The van der Waals surface area contributed by atoms with Crippen LogP contribution < -0.4 is 4.72 Å². The van der Waals surface area contributed by atoms with Crippen LogP contribution in [0.2, 0.25) is 0 Å². The standard InChI is InChI=1S/C10H21NO5S/c1-4-5-6-9(10(12)13)11-17(14,15)8(2)7-16-3/h8-9,11H,4-7H2,1-3H3,(H,12,13). The van der Waals surface area contributed by atoms with Crippen LogP contribution in [0.3, 0.4) is 0 Å². The molecular formula is C10H21NO5S. The van der Waals surface area contributed by atoms with Crippen molar-refractivity contribution in [2.45, 2.75) is 44.4 Å². The number of methoxy groups -OCH3 is 1. The third-order valence-electron chi connectivity index (χ3n) is 2.38. The molecule has 0 aromatic carbocycles. The van der Waals surface area contributed by atoms with Gasteiger partial charge in [0.05, 0.1) is 11.9 Å². The number of rotatable bonds is 9. The third-order valence-corrected chi connectivity index (χ3v) is 4.19. The van der Waals surface area contributed by atoms with Gasteiger partial charge in [-0.15, -0.1) is 0 Å². The lowest BCUT2D eigenvalue weighted by atomic mass is 10.1. The Morgan fingerprint density at radius 1 is 1.47 bits per heavy atom. The van der Waals surface area contributed by atoms with Crippen LogP contribution >= 0.6 is 0 Å². The van der Waals surface area contributed by atoms with E-state index in [1.165, 1.54) is 14.0 Å². The molecule has 0 radical (unpaired) electrons. The highest BCUT2D eigenvalue weighted by atomic mass is 32.2. The number of hydrogen-bond donors (Lipinski definition) is 2. The fraction of sp³-hybridized carbons (Fsp3) is 0.900. The molecule has 0 saturated carbocycles. The Labute approximate surface area is 102 Å². The fourth-order valence-electron chi connectivity index (χ4n) is 1.28. The molecule has 0 aliphatic carbocycles. The van der Waals surface area contributed by atoms with Crippen molar-refractivity contribution >= 4 is 16.0 Å². The quantitative estimate of drug-likeness (QED) is 0.637. The Kier molecular flexibility index (Phi) is 7.33. The molecule has 0 bridgehead atoms. The van der Waals surface area contributed by atoms with Crippen molar-refractivity contribution < 1.29 is 23.1 Å². The summed E-state index contributed by atoms with van der Waals surface area (Å²) in [5.74, 6) is -1.15. The topological polar surface area (TPSA) is 92.7 Å². The summed E-state index contributed by atoms with van der Waals surface area (Å²) < 4.78 is 30.4. The molecule has 0 heterocycles. The molecule has 2 N–H and O–H groups in total. The first-order valence-electron chi connectivity index (χ1n) is 5.58. The minimum atomic E-state index is -3.65. The molecule has 0 rings (SSSR count). The van der Waals surface area contributed by atoms with Crippen molar-refractivity contribution in [3.8, 4) is 0 Å². The summed E-state index contributed by atoms with van der Waals surface area (Å²) in [4.78, 5) is 10.9. The molecule has 0 aliphatic heterocycles. The van der Waals surface area contributed by atoms with Gasteiger partial charge < -0.3 is 9.84 Å². The van der Waals surface area contributed by atoms with Crippen molar-refractivity contribution in [3.63, 3.8) is 0 Å². The van der Waals surface area contributed by atoms with E-state index in [2.05, 4.69) is 4.72 Å². The number of aliphatic carboxylic acids is 1. The third kappa shape index (κ3) is 5.99. The van der Waals surface area contributed by atoms with Gasteiger partial charge in [0.25, 0.3) is 0 Å². The van der Waals surface area contributed by atoms with Crippen LogP contribution in [0.15, 0.2) is 0 Å². The summed E-state index contributed by atoms with van der Waals surface area (Å²) in [5.41, 5.74) is 0. The lowest BCUT2D eigenvalue weighted by Gasteiger charge is -2.18. The van der Waals surface area contributed by atoms with E-state index in [0.29, 0.717) is 12.8 Å². The van der Waals surface area contributed by atoms with Gasteiger partial charge in [-0.2, -0.15) is 0 Å². The zero-order valence-corrected chi connectivity index (χ0v) is 11.3. The maximum absolute atomic E-state index is 11.7. The highest BCUT2D eigenvalue weighted by Gasteiger charge is 2.27. The molecule has 0 saturated heterocycles. The van der Waals surface area contributed by atoms with Crippen LogP contribution in [0.5, 0.6) is 0 Å². The first-order valence-corrected chi connectivity index (χ1v) is 7.12. The number of carbonyl (C=O) groups is 1. The Morgan fingerprint density at radius 3 is 2.47 bits per heavy atom. The lowest BCUT2D eigenvalue weighted by Crippen LogP contribution is -2.45. The van der Waals surface area contributed by atoms with Gasteiger partial charge in [-0.1, -0.05) is 19.8 Å². The van der Waals surface area contributed by atoms with Crippen molar-refractivity contribution in [1.82, 2.24) is 4.72 Å². The minimum absolute atomic E-state index is 0.0372. The largest absolute Gasteiger partial charge is 0.480 e. The zero-order chi connectivity index (χ0) is 13.5. The van der Waals surface area contributed by atoms with Crippen LogP contribution in [-0.4, -0.2) is 44.5 Å². The van der Waals surface area contributed by atoms with Gasteiger partial charge in [-0.3, -0.25) is 4.79 Å². The fourth-order valence-corrected chi connectivity index (χ4v) is 2.44. The first-order chi connectivity index (χ1) is 7.85. The highest BCUT2D eigenvalue weighted by molar-refractivity contribution is 7.90. The van der Waals surface area contributed by atoms with Gasteiger partial charge in [-0.05, 0) is 13.3 Å². The normalized spacial score (nSPS) is 15.5. The summed E-state index contributed by atoms with van der Waals surface area (Å²) in [6.45, 7) is 3.43. The van der Waals surface area contributed by atoms with E-state index in [1.807, 2.05) is 6.92 Å². The smallest absolute Gasteiger partial charge is 0.321 e. The lowest BCUT2D eigenvalue weighted by molar-refractivity contribution is -0.139. The highest BCUT2D eigenvalue weighted by Crippen LogP contribution is 2.06. The molecule has 2 atom stereocenters. The molecule has 0 aromatic heterocycles. The SMILES string of the molecule is CCCCC(NS(=O)(=O)C(C)COC)C(=O)O. The molecule has 0 spiro atoms. The monoisotopic (exact) mass is 267 g/mol. The van der Waals surface area contributed by atoms with E-state index in [0.717, 1.165) is 6.42 Å². The van der Waals surface area contributed by atoms with Crippen molar-refractivity contribution in [2.24, 2.45) is 0 Å². The predicted molar refractivity (Wildman–Crippen MR) is 64.3 cm³/mol.